The highest BCUT2D eigenvalue weighted by Crippen LogP contribution is 2.22. The van der Waals surface area contributed by atoms with Gasteiger partial charge in [-0.25, -0.2) is 0 Å². The molecule has 0 aromatic carbocycles. The van der Waals surface area contributed by atoms with Gasteiger partial charge in [-0.3, -0.25) is 9.69 Å². The lowest BCUT2D eigenvalue weighted by Crippen LogP contribution is -2.45. The molecule has 2 unspecified atom stereocenters. The average molecular weight is 250 g/mol. The Labute approximate surface area is 108 Å². The fourth-order valence-electron chi connectivity index (χ4n) is 2.71. The molecule has 1 aromatic heterocycles. The molecule has 4 nitrogen and oxygen atoms in total. The monoisotopic (exact) mass is 250 g/mol. The fourth-order valence-corrected chi connectivity index (χ4v) is 2.71. The largest absolute Gasteiger partial charge is 0.391 e. The van der Waals surface area contributed by atoms with E-state index in [9.17, 15) is 9.90 Å². The van der Waals surface area contributed by atoms with Gasteiger partial charge in [0.15, 0.2) is 5.78 Å². The van der Waals surface area contributed by atoms with Crippen LogP contribution in [0.4, 0.5) is 0 Å². The van der Waals surface area contributed by atoms with Gasteiger partial charge >= 0.3 is 0 Å². The number of aliphatic hydroxyl groups is 1. The van der Waals surface area contributed by atoms with Crippen LogP contribution < -0.4 is 0 Å². The SMILES string of the molecule is CN(CC(=O)c1ccn(C)c1)C1CCCCC1O. The predicted octanol–water partition coefficient (Wildman–Crippen LogP) is 1.44. The number of likely N-dealkylation sites (N-methyl/N-ethyl adjacent to an activating group) is 1. The number of rotatable bonds is 4. The van der Waals surface area contributed by atoms with Crippen molar-refractivity contribution in [3.8, 4) is 0 Å². The van der Waals surface area contributed by atoms with Gasteiger partial charge in [0.1, 0.15) is 0 Å². The quantitative estimate of drug-likeness (QED) is 0.823. The number of Topliss-reactive ketones (excluding diaryl/α,β-unsaturated/α-hetero) is 1. The number of carbonyl (C=O) groups is 1. The second-order valence-electron chi connectivity index (χ2n) is 5.32. The number of hydrogen-bond donors (Lipinski definition) is 1. The molecule has 1 N–H and O–H groups in total. The molecule has 1 heterocycles. The van der Waals surface area contributed by atoms with Crippen molar-refractivity contribution < 1.29 is 9.90 Å². The van der Waals surface area contributed by atoms with Crippen LogP contribution in [-0.4, -0.2) is 46.1 Å². The van der Waals surface area contributed by atoms with Crippen LogP contribution in [0.25, 0.3) is 0 Å². The van der Waals surface area contributed by atoms with Crippen molar-refractivity contribution in [2.45, 2.75) is 37.8 Å². The maximum atomic E-state index is 12.1. The van der Waals surface area contributed by atoms with Gasteiger partial charge in [0.2, 0.25) is 0 Å². The summed E-state index contributed by atoms with van der Waals surface area (Å²) in [6, 6.07) is 1.97. The second-order valence-corrected chi connectivity index (χ2v) is 5.32. The van der Waals surface area contributed by atoms with Gasteiger partial charge in [0.25, 0.3) is 0 Å². The zero-order valence-electron chi connectivity index (χ0n) is 11.2. The molecule has 100 valence electrons. The van der Waals surface area contributed by atoms with Crippen LogP contribution in [0.3, 0.4) is 0 Å². The zero-order chi connectivity index (χ0) is 13.1. The van der Waals surface area contributed by atoms with Gasteiger partial charge in [-0.05, 0) is 26.0 Å². The van der Waals surface area contributed by atoms with Crippen LogP contribution in [-0.2, 0) is 7.05 Å². The molecule has 1 aliphatic rings. The summed E-state index contributed by atoms with van der Waals surface area (Å²) in [6.45, 7) is 0.381. The minimum absolute atomic E-state index is 0.121. The van der Waals surface area contributed by atoms with Crippen LogP contribution in [0.2, 0.25) is 0 Å². The first-order valence-corrected chi connectivity index (χ1v) is 6.61. The van der Waals surface area contributed by atoms with E-state index in [1.165, 1.54) is 0 Å². The molecule has 18 heavy (non-hydrogen) atoms. The molecule has 2 atom stereocenters. The van der Waals surface area contributed by atoms with Gasteiger partial charge < -0.3 is 9.67 Å². The molecule has 0 amide bonds. The summed E-state index contributed by atoms with van der Waals surface area (Å²) in [7, 11) is 3.84. The van der Waals surface area contributed by atoms with Gasteiger partial charge in [0.05, 0.1) is 12.6 Å². The Kier molecular flexibility index (Phi) is 4.19. The molecule has 0 saturated heterocycles. The highest BCUT2D eigenvalue weighted by molar-refractivity contribution is 5.97. The standard InChI is InChI=1S/C14H22N2O2/c1-15-8-7-11(9-15)14(18)10-16(2)12-5-3-4-6-13(12)17/h7-9,12-13,17H,3-6,10H2,1-2H3. The summed E-state index contributed by atoms with van der Waals surface area (Å²) >= 11 is 0. The molecule has 0 radical (unpaired) electrons. The van der Waals surface area contributed by atoms with E-state index in [0.29, 0.717) is 6.54 Å². The molecule has 1 aliphatic carbocycles. The number of carbonyl (C=O) groups excluding carboxylic acids is 1. The van der Waals surface area contributed by atoms with E-state index in [4.69, 9.17) is 0 Å². The van der Waals surface area contributed by atoms with Gasteiger partial charge in [0, 0.05) is 31.0 Å². The van der Waals surface area contributed by atoms with Crippen LogP contribution in [0.5, 0.6) is 0 Å². The third-order valence-corrected chi connectivity index (χ3v) is 3.81. The Morgan fingerprint density at radius 2 is 2.22 bits per heavy atom. The Morgan fingerprint density at radius 3 is 2.83 bits per heavy atom. The van der Waals surface area contributed by atoms with Crippen molar-refractivity contribution in [1.29, 1.82) is 0 Å². The summed E-state index contributed by atoms with van der Waals surface area (Å²) in [6.07, 6.45) is 7.51. The Bertz CT molecular complexity index is 414. The maximum Gasteiger partial charge on any atom is 0.178 e. The summed E-state index contributed by atoms with van der Waals surface area (Å²) in [5, 5.41) is 9.97. The van der Waals surface area contributed by atoms with E-state index in [1.54, 1.807) is 0 Å². The predicted molar refractivity (Wildman–Crippen MR) is 70.6 cm³/mol. The van der Waals surface area contributed by atoms with Crippen molar-refractivity contribution in [1.82, 2.24) is 9.47 Å². The van der Waals surface area contributed by atoms with Crippen molar-refractivity contribution in [3.05, 3.63) is 24.0 Å². The van der Waals surface area contributed by atoms with E-state index < -0.39 is 0 Å². The zero-order valence-corrected chi connectivity index (χ0v) is 11.2. The molecule has 0 spiro atoms. The molecule has 0 bridgehead atoms. The first kappa shape index (κ1) is 13.3. The van der Waals surface area contributed by atoms with Crippen molar-refractivity contribution in [3.63, 3.8) is 0 Å². The van der Waals surface area contributed by atoms with Crippen LogP contribution in [0.15, 0.2) is 18.5 Å². The Hall–Kier alpha value is -1.13. The minimum atomic E-state index is -0.285. The highest BCUT2D eigenvalue weighted by atomic mass is 16.3. The van der Waals surface area contributed by atoms with Crippen LogP contribution >= 0.6 is 0 Å². The van der Waals surface area contributed by atoms with Crippen LogP contribution in [0, 0.1) is 0 Å². The molecule has 2 rings (SSSR count). The third kappa shape index (κ3) is 3.00. The number of aliphatic hydroxyl groups excluding tert-OH is 1. The third-order valence-electron chi connectivity index (χ3n) is 3.81. The van der Waals surface area contributed by atoms with E-state index in [2.05, 4.69) is 0 Å². The van der Waals surface area contributed by atoms with Gasteiger partial charge in [-0.2, -0.15) is 0 Å². The molecular weight excluding hydrogens is 228 g/mol. The number of aromatic nitrogens is 1. The maximum absolute atomic E-state index is 12.1. The number of nitrogens with zero attached hydrogens (tertiary/aromatic N) is 2. The van der Waals surface area contributed by atoms with Gasteiger partial charge in [-0.1, -0.05) is 12.8 Å². The number of hydrogen-bond acceptors (Lipinski definition) is 3. The number of aryl methyl sites for hydroxylation is 1. The normalized spacial score (nSPS) is 24.4. The molecule has 4 heteroatoms. The smallest absolute Gasteiger partial charge is 0.178 e. The Morgan fingerprint density at radius 1 is 1.50 bits per heavy atom. The van der Waals surface area contributed by atoms with Crippen molar-refractivity contribution >= 4 is 5.78 Å². The van der Waals surface area contributed by atoms with E-state index in [1.807, 2.05) is 42.0 Å². The molecular formula is C14H22N2O2. The highest BCUT2D eigenvalue weighted by Gasteiger charge is 2.27. The fraction of sp³-hybridized carbons (Fsp3) is 0.643. The summed E-state index contributed by atoms with van der Waals surface area (Å²) in [4.78, 5) is 14.1. The van der Waals surface area contributed by atoms with E-state index in [-0.39, 0.29) is 17.9 Å². The minimum Gasteiger partial charge on any atom is -0.391 e. The van der Waals surface area contributed by atoms with E-state index >= 15 is 0 Å². The van der Waals surface area contributed by atoms with Crippen LogP contribution in [0.1, 0.15) is 36.0 Å². The molecule has 1 aromatic rings. The lowest BCUT2D eigenvalue weighted by Gasteiger charge is -2.34. The summed E-state index contributed by atoms with van der Waals surface area (Å²) < 4.78 is 1.88. The summed E-state index contributed by atoms with van der Waals surface area (Å²) in [5.74, 6) is 0.121. The lowest BCUT2D eigenvalue weighted by atomic mass is 9.91. The van der Waals surface area contributed by atoms with Crippen molar-refractivity contribution in [2.24, 2.45) is 7.05 Å². The first-order valence-electron chi connectivity index (χ1n) is 6.61. The number of ketones is 1. The molecule has 1 fully saturated rings. The topological polar surface area (TPSA) is 45.5 Å². The van der Waals surface area contributed by atoms with Gasteiger partial charge in [-0.15, -0.1) is 0 Å². The molecule has 0 aliphatic heterocycles. The van der Waals surface area contributed by atoms with Crippen molar-refractivity contribution in [2.75, 3.05) is 13.6 Å². The van der Waals surface area contributed by atoms with E-state index in [0.717, 1.165) is 31.2 Å². The molecule has 1 saturated carbocycles. The summed E-state index contributed by atoms with van der Waals surface area (Å²) in [5.41, 5.74) is 0.745. The average Bonchev–Trinajstić information content (AvgIpc) is 2.76. The Balaban J connectivity index is 1.94. The lowest BCUT2D eigenvalue weighted by molar-refractivity contribution is 0.0322. The second kappa shape index (κ2) is 5.67. The first-order chi connectivity index (χ1) is 8.58.